The topological polar surface area (TPSA) is 91.3 Å². The van der Waals surface area contributed by atoms with E-state index >= 15 is 0 Å². The third-order valence-corrected chi connectivity index (χ3v) is 5.26. The molecule has 0 aliphatic carbocycles. The number of hydrogen-bond donors (Lipinski definition) is 1. The first-order valence-electron chi connectivity index (χ1n) is 7.78. The lowest BCUT2D eigenvalue weighted by molar-refractivity contribution is 0.437. The van der Waals surface area contributed by atoms with Crippen LogP contribution in [0.3, 0.4) is 0 Å². The molecule has 24 heavy (non-hydrogen) atoms. The van der Waals surface area contributed by atoms with E-state index < -0.39 is 10.2 Å². The van der Waals surface area contributed by atoms with Crippen LogP contribution in [-0.4, -0.2) is 53.9 Å². The van der Waals surface area contributed by atoms with E-state index in [1.165, 1.54) is 4.31 Å². The molecule has 0 radical (unpaired) electrons. The number of anilines is 2. The predicted octanol–water partition coefficient (Wildman–Crippen LogP) is 1.05. The minimum atomic E-state index is -3.63. The SMILES string of the molecule is Cc1cccc(NS(=O)(=O)N2CCCN(c3ncccn3)CC2)n1. The molecule has 8 nitrogen and oxygen atoms in total. The maximum Gasteiger partial charge on any atom is 0.302 e. The van der Waals surface area contributed by atoms with Crippen molar-refractivity contribution >= 4 is 22.0 Å². The molecule has 3 heterocycles. The Morgan fingerprint density at radius 1 is 1.04 bits per heavy atom. The molecule has 128 valence electrons. The van der Waals surface area contributed by atoms with Gasteiger partial charge in [0.2, 0.25) is 5.95 Å². The Morgan fingerprint density at radius 3 is 2.58 bits per heavy atom. The first-order chi connectivity index (χ1) is 11.5. The van der Waals surface area contributed by atoms with Crippen molar-refractivity contribution in [1.82, 2.24) is 19.3 Å². The minimum absolute atomic E-state index is 0.336. The van der Waals surface area contributed by atoms with Crippen molar-refractivity contribution in [3.8, 4) is 0 Å². The summed E-state index contributed by atoms with van der Waals surface area (Å²) in [7, 11) is -3.63. The van der Waals surface area contributed by atoms with Crippen LogP contribution in [0.25, 0.3) is 0 Å². The van der Waals surface area contributed by atoms with Gasteiger partial charge in [0.15, 0.2) is 0 Å². The third kappa shape index (κ3) is 3.98. The average molecular weight is 348 g/mol. The summed E-state index contributed by atoms with van der Waals surface area (Å²) in [6, 6.07) is 7.00. The van der Waals surface area contributed by atoms with E-state index in [1.807, 2.05) is 17.9 Å². The molecule has 1 aliphatic heterocycles. The Hall–Kier alpha value is -2.26. The molecule has 2 aromatic rings. The summed E-state index contributed by atoms with van der Waals surface area (Å²) < 4.78 is 29.2. The van der Waals surface area contributed by atoms with Crippen molar-refractivity contribution in [3.63, 3.8) is 0 Å². The van der Waals surface area contributed by atoms with Crippen molar-refractivity contribution < 1.29 is 8.42 Å². The molecule has 0 unspecified atom stereocenters. The zero-order valence-corrected chi connectivity index (χ0v) is 14.3. The highest BCUT2D eigenvalue weighted by Gasteiger charge is 2.26. The molecule has 0 aromatic carbocycles. The molecule has 1 N–H and O–H groups in total. The second-order valence-electron chi connectivity index (χ2n) is 5.56. The lowest BCUT2D eigenvalue weighted by Gasteiger charge is -2.22. The lowest BCUT2D eigenvalue weighted by atomic mass is 10.4. The first kappa shape index (κ1) is 16.6. The minimum Gasteiger partial charge on any atom is -0.339 e. The number of pyridine rings is 1. The Bertz CT molecular complexity index is 784. The standard InChI is InChI=1S/C15H20N6O2S/c1-13-5-2-6-14(18-13)19-24(22,23)21-10-4-9-20(11-12-21)15-16-7-3-8-17-15/h2-3,5-8H,4,9-12H2,1H3,(H,18,19). The van der Waals surface area contributed by atoms with Crippen molar-refractivity contribution in [2.75, 3.05) is 35.8 Å². The van der Waals surface area contributed by atoms with Gasteiger partial charge in [-0.1, -0.05) is 6.07 Å². The summed E-state index contributed by atoms with van der Waals surface area (Å²) in [5.41, 5.74) is 0.762. The van der Waals surface area contributed by atoms with Crippen molar-refractivity contribution in [1.29, 1.82) is 0 Å². The van der Waals surface area contributed by atoms with Gasteiger partial charge in [0.1, 0.15) is 5.82 Å². The van der Waals surface area contributed by atoms with E-state index in [2.05, 4.69) is 19.7 Å². The third-order valence-electron chi connectivity index (χ3n) is 3.75. The number of hydrogen-bond acceptors (Lipinski definition) is 6. The fourth-order valence-electron chi connectivity index (χ4n) is 2.59. The van der Waals surface area contributed by atoms with E-state index in [1.54, 1.807) is 30.6 Å². The van der Waals surface area contributed by atoms with Crippen LogP contribution in [0.1, 0.15) is 12.1 Å². The van der Waals surface area contributed by atoms with Crippen LogP contribution in [0.2, 0.25) is 0 Å². The van der Waals surface area contributed by atoms with Gasteiger partial charge in [-0.3, -0.25) is 4.72 Å². The maximum atomic E-state index is 12.6. The van der Waals surface area contributed by atoms with Crippen LogP contribution in [0, 0.1) is 6.92 Å². The first-order valence-corrected chi connectivity index (χ1v) is 9.22. The van der Waals surface area contributed by atoms with Gasteiger partial charge in [0, 0.05) is 44.3 Å². The zero-order valence-electron chi connectivity index (χ0n) is 13.5. The van der Waals surface area contributed by atoms with Gasteiger partial charge < -0.3 is 4.90 Å². The van der Waals surface area contributed by atoms with Crippen LogP contribution in [0.15, 0.2) is 36.7 Å². The van der Waals surface area contributed by atoms with Crippen molar-refractivity contribution in [2.24, 2.45) is 0 Å². The van der Waals surface area contributed by atoms with Crippen LogP contribution in [0.5, 0.6) is 0 Å². The molecular weight excluding hydrogens is 328 g/mol. The van der Waals surface area contributed by atoms with Gasteiger partial charge >= 0.3 is 10.2 Å². The number of rotatable bonds is 4. The predicted molar refractivity (Wildman–Crippen MR) is 92.0 cm³/mol. The average Bonchev–Trinajstić information content (AvgIpc) is 2.82. The fraction of sp³-hybridized carbons (Fsp3) is 0.400. The zero-order chi connectivity index (χ0) is 17.0. The number of nitrogens with one attached hydrogen (secondary N) is 1. The molecule has 3 rings (SSSR count). The van der Waals surface area contributed by atoms with Crippen molar-refractivity contribution in [3.05, 3.63) is 42.4 Å². The molecule has 1 fully saturated rings. The van der Waals surface area contributed by atoms with Crippen LogP contribution in [0.4, 0.5) is 11.8 Å². The highest BCUT2D eigenvalue weighted by molar-refractivity contribution is 7.90. The van der Waals surface area contributed by atoms with Gasteiger partial charge in [-0.15, -0.1) is 0 Å². The Morgan fingerprint density at radius 2 is 1.83 bits per heavy atom. The molecule has 9 heteroatoms. The molecule has 1 aliphatic rings. The van der Waals surface area contributed by atoms with Crippen LogP contribution in [-0.2, 0) is 10.2 Å². The largest absolute Gasteiger partial charge is 0.339 e. The maximum absolute atomic E-state index is 12.6. The summed E-state index contributed by atoms with van der Waals surface area (Å²) >= 11 is 0. The second-order valence-corrected chi connectivity index (χ2v) is 7.23. The van der Waals surface area contributed by atoms with E-state index in [-0.39, 0.29) is 0 Å². The Balaban J connectivity index is 1.68. The van der Waals surface area contributed by atoms with Gasteiger partial charge in [-0.05, 0) is 31.5 Å². The summed E-state index contributed by atoms with van der Waals surface area (Å²) in [4.78, 5) is 14.7. The number of nitrogens with zero attached hydrogens (tertiary/aromatic N) is 5. The summed E-state index contributed by atoms with van der Waals surface area (Å²) in [5.74, 6) is 0.965. The lowest BCUT2D eigenvalue weighted by Crippen LogP contribution is -2.39. The van der Waals surface area contributed by atoms with Gasteiger partial charge in [0.25, 0.3) is 0 Å². The highest BCUT2D eigenvalue weighted by atomic mass is 32.2. The Labute approximate surface area is 141 Å². The van der Waals surface area contributed by atoms with E-state index in [4.69, 9.17) is 0 Å². The number of aromatic nitrogens is 3. The van der Waals surface area contributed by atoms with Gasteiger partial charge in [-0.2, -0.15) is 12.7 Å². The van der Waals surface area contributed by atoms with Gasteiger partial charge in [-0.25, -0.2) is 15.0 Å². The monoisotopic (exact) mass is 348 g/mol. The van der Waals surface area contributed by atoms with Crippen LogP contribution < -0.4 is 9.62 Å². The highest BCUT2D eigenvalue weighted by Crippen LogP contribution is 2.15. The summed E-state index contributed by atoms with van der Waals surface area (Å²) in [6.07, 6.45) is 4.08. The fourth-order valence-corrected chi connectivity index (χ4v) is 3.78. The second kappa shape index (κ2) is 7.10. The van der Waals surface area contributed by atoms with E-state index in [0.29, 0.717) is 37.8 Å². The molecular formula is C15H20N6O2S. The van der Waals surface area contributed by atoms with E-state index in [0.717, 1.165) is 12.2 Å². The molecule has 0 spiro atoms. The summed E-state index contributed by atoms with van der Waals surface area (Å²) in [6.45, 7) is 3.91. The van der Waals surface area contributed by atoms with Gasteiger partial charge in [0.05, 0.1) is 0 Å². The molecule has 0 atom stereocenters. The quantitative estimate of drug-likeness (QED) is 0.888. The number of aryl methyl sites for hydroxylation is 1. The molecule has 0 saturated carbocycles. The molecule has 2 aromatic heterocycles. The normalized spacial score (nSPS) is 16.6. The summed E-state index contributed by atoms with van der Waals surface area (Å²) in [5, 5.41) is 0. The van der Waals surface area contributed by atoms with Crippen LogP contribution >= 0.6 is 0 Å². The van der Waals surface area contributed by atoms with E-state index in [9.17, 15) is 8.42 Å². The molecule has 1 saturated heterocycles. The molecule has 0 bridgehead atoms. The smallest absolute Gasteiger partial charge is 0.302 e. The molecule has 0 amide bonds. The Kier molecular flexibility index (Phi) is 4.91. The van der Waals surface area contributed by atoms with Crippen molar-refractivity contribution in [2.45, 2.75) is 13.3 Å².